The zero-order valence-corrected chi connectivity index (χ0v) is 11.2. The van der Waals surface area contributed by atoms with Crippen LogP contribution in [0.1, 0.15) is 36.9 Å². The number of rotatable bonds is 4. The van der Waals surface area contributed by atoms with Crippen LogP contribution in [0.25, 0.3) is 0 Å². The molecule has 1 unspecified atom stereocenters. The summed E-state index contributed by atoms with van der Waals surface area (Å²) in [5.41, 5.74) is 2.14. The Morgan fingerprint density at radius 1 is 1.29 bits per heavy atom. The predicted molar refractivity (Wildman–Crippen MR) is 69.1 cm³/mol. The number of hydrogen-bond acceptors (Lipinski definition) is 3. The summed E-state index contributed by atoms with van der Waals surface area (Å²) >= 11 is 0. The smallest absolute Gasteiger partial charge is 0.126 e. The van der Waals surface area contributed by atoms with Crippen molar-refractivity contribution in [1.82, 2.24) is 4.90 Å². The van der Waals surface area contributed by atoms with E-state index in [-0.39, 0.29) is 6.04 Å². The molecular formula is C14H20N2O. The van der Waals surface area contributed by atoms with E-state index in [1.807, 2.05) is 31.1 Å². The summed E-state index contributed by atoms with van der Waals surface area (Å²) in [7, 11) is 5.43. The molecule has 1 aromatic carbocycles. The molecule has 0 amide bonds. The second-order valence-corrected chi connectivity index (χ2v) is 4.65. The molecule has 17 heavy (non-hydrogen) atoms. The van der Waals surface area contributed by atoms with Gasteiger partial charge in [-0.05, 0) is 31.6 Å². The highest BCUT2D eigenvalue weighted by Crippen LogP contribution is 2.30. The van der Waals surface area contributed by atoms with Gasteiger partial charge < -0.3 is 4.74 Å². The van der Waals surface area contributed by atoms with Crippen LogP contribution in [-0.2, 0) is 0 Å². The first kappa shape index (κ1) is 13.5. The average Bonchev–Trinajstić information content (AvgIpc) is 2.29. The van der Waals surface area contributed by atoms with E-state index < -0.39 is 0 Å². The van der Waals surface area contributed by atoms with Gasteiger partial charge in [-0.25, -0.2) is 0 Å². The highest BCUT2D eigenvalue weighted by molar-refractivity contribution is 5.42. The first-order valence-electron chi connectivity index (χ1n) is 5.75. The lowest BCUT2D eigenvalue weighted by atomic mass is 9.98. The molecule has 0 saturated carbocycles. The normalized spacial score (nSPS) is 12.6. The molecule has 0 bridgehead atoms. The Balaban J connectivity index is 3.21. The van der Waals surface area contributed by atoms with Crippen LogP contribution in [0.3, 0.4) is 0 Å². The fourth-order valence-electron chi connectivity index (χ4n) is 1.78. The van der Waals surface area contributed by atoms with Crippen LogP contribution < -0.4 is 4.74 Å². The van der Waals surface area contributed by atoms with E-state index in [4.69, 9.17) is 4.74 Å². The minimum atomic E-state index is -0.272. The van der Waals surface area contributed by atoms with Crippen molar-refractivity contribution in [3.63, 3.8) is 0 Å². The van der Waals surface area contributed by atoms with E-state index in [1.165, 1.54) is 5.56 Å². The fourth-order valence-corrected chi connectivity index (χ4v) is 1.78. The van der Waals surface area contributed by atoms with Crippen molar-refractivity contribution in [1.29, 1.82) is 5.26 Å². The first-order chi connectivity index (χ1) is 8.01. The van der Waals surface area contributed by atoms with E-state index in [1.54, 1.807) is 7.11 Å². The molecule has 3 heteroatoms. The van der Waals surface area contributed by atoms with Gasteiger partial charge in [0.1, 0.15) is 11.8 Å². The second kappa shape index (κ2) is 5.70. The maximum absolute atomic E-state index is 9.20. The number of hydrogen-bond donors (Lipinski definition) is 0. The standard InChI is InChI=1S/C14H20N2O/c1-10(2)11-6-7-12(14(8-11)17-5)13(9-15)16(3)4/h6-8,10,13H,1-5H3. The molecule has 0 heterocycles. The van der Waals surface area contributed by atoms with Gasteiger partial charge in [0.15, 0.2) is 0 Å². The average molecular weight is 232 g/mol. The quantitative estimate of drug-likeness (QED) is 0.800. The minimum Gasteiger partial charge on any atom is -0.496 e. The molecule has 1 rings (SSSR count). The lowest BCUT2D eigenvalue weighted by Crippen LogP contribution is -2.19. The van der Waals surface area contributed by atoms with Crippen molar-refractivity contribution in [2.75, 3.05) is 21.2 Å². The Labute approximate surface area is 104 Å². The zero-order chi connectivity index (χ0) is 13.0. The van der Waals surface area contributed by atoms with Crippen LogP contribution in [0.5, 0.6) is 5.75 Å². The molecule has 0 spiro atoms. The summed E-state index contributed by atoms with van der Waals surface area (Å²) in [6.07, 6.45) is 0. The maximum Gasteiger partial charge on any atom is 0.126 e. The number of methoxy groups -OCH3 is 1. The third-order valence-corrected chi connectivity index (χ3v) is 2.86. The van der Waals surface area contributed by atoms with E-state index >= 15 is 0 Å². The Bertz CT molecular complexity index is 419. The van der Waals surface area contributed by atoms with Gasteiger partial charge >= 0.3 is 0 Å². The van der Waals surface area contributed by atoms with Crippen molar-refractivity contribution in [3.05, 3.63) is 29.3 Å². The largest absolute Gasteiger partial charge is 0.496 e. The molecule has 0 fully saturated rings. The number of ether oxygens (including phenoxy) is 1. The molecule has 0 aliphatic heterocycles. The molecule has 0 radical (unpaired) electrons. The summed E-state index contributed by atoms with van der Waals surface area (Å²) in [6.45, 7) is 4.28. The lowest BCUT2D eigenvalue weighted by Gasteiger charge is -2.21. The Kier molecular flexibility index (Phi) is 4.53. The van der Waals surface area contributed by atoms with Crippen molar-refractivity contribution < 1.29 is 4.74 Å². The van der Waals surface area contributed by atoms with Crippen LogP contribution in [-0.4, -0.2) is 26.1 Å². The SMILES string of the molecule is COc1cc(C(C)C)ccc1C(C#N)N(C)C. The van der Waals surface area contributed by atoms with Gasteiger partial charge in [-0.15, -0.1) is 0 Å². The Morgan fingerprint density at radius 3 is 2.35 bits per heavy atom. The van der Waals surface area contributed by atoms with Gasteiger partial charge in [-0.3, -0.25) is 4.90 Å². The molecule has 0 N–H and O–H groups in total. The van der Waals surface area contributed by atoms with Crippen LogP contribution >= 0.6 is 0 Å². The third kappa shape index (κ3) is 2.98. The molecule has 92 valence electrons. The van der Waals surface area contributed by atoms with Gasteiger partial charge in [0.25, 0.3) is 0 Å². The van der Waals surface area contributed by atoms with Crippen molar-refractivity contribution >= 4 is 0 Å². The molecule has 1 aromatic rings. The fraction of sp³-hybridized carbons (Fsp3) is 0.500. The lowest BCUT2D eigenvalue weighted by molar-refractivity contribution is 0.339. The monoisotopic (exact) mass is 232 g/mol. The Morgan fingerprint density at radius 2 is 1.94 bits per heavy atom. The molecule has 0 saturated heterocycles. The van der Waals surface area contributed by atoms with Gasteiger partial charge in [0.05, 0.1) is 13.2 Å². The summed E-state index contributed by atoms with van der Waals surface area (Å²) in [5, 5.41) is 9.20. The highest BCUT2D eigenvalue weighted by atomic mass is 16.5. The minimum absolute atomic E-state index is 0.272. The summed E-state index contributed by atoms with van der Waals surface area (Å²) in [4.78, 5) is 1.88. The molecule has 0 aliphatic rings. The summed E-state index contributed by atoms with van der Waals surface area (Å²) in [6, 6.07) is 8.09. The maximum atomic E-state index is 9.20. The van der Waals surface area contributed by atoms with Crippen molar-refractivity contribution in [3.8, 4) is 11.8 Å². The third-order valence-electron chi connectivity index (χ3n) is 2.86. The van der Waals surface area contributed by atoms with Crippen LogP contribution in [0, 0.1) is 11.3 Å². The van der Waals surface area contributed by atoms with Gasteiger partial charge in [-0.2, -0.15) is 5.26 Å². The van der Waals surface area contributed by atoms with Gasteiger partial charge in [0.2, 0.25) is 0 Å². The van der Waals surface area contributed by atoms with Crippen LogP contribution in [0.15, 0.2) is 18.2 Å². The molecular weight excluding hydrogens is 212 g/mol. The molecule has 3 nitrogen and oxygen atoms in total. The van der Waals surface area contributed by atoms with Crippen molar-refractivity contribution in [2.45, 2.75) is 25.8 Å². The highest BCUT2D eigenvalue weighted by Gasteiger charge is 2.18. The van der Waals surface area contributed by atoms with E-state index in [2.05, 4.69) is 26.0 Å². The zero-order valence-electron chi connectivity index (χ0n) is 11.2. The summed E-state index contributed by atoms with van der Waals surface area (Å²) < 4.78 is 5.39. The van der Waals surface area contributed by atoms with E-state index in [9.17, 15) is 5.26 Å². The predicted octanol–water partition coefficient (Wildman–Crippen LogP) is 2.94. The Hall–Kier alpha value is -1.53. The van der Waals surface area contributed by atoms with Gasteiger partial charge in [0, 0.05) is 5.56 Å². The number of nitrogens with zero attached hydrogens (tertiary/aromatic N) is 2. The van der Waals surface area contributed by atoms with Crippen molar-refractivity contribution in [2.24, 2.45) is 0 Å². The molecule has 1 atom stereocenters. The first-order valence-corrected chi connectivity index (χ1v) is 5.75. The van der Waals surface area contributed by atoms with Gasteiger partial charge in [-0.1, -0.05) is 26.0 Å². The summed E-state index contributed by atoms with van der Waals surface area (Å²) in [5.74, 6) is 1.24. The number of benzene rings is 1. The van der Waals surface area contributed by atoms with Crippen LogP contribution in [0.4, 0.5) is 0 Å². The molecule has 0 aromatic heterocycles. The van der Waals surface area contributed by atoms with Crippen LogP contribution in [0.2, 0.25) is 0 Å². The van der Waals surface area contributed by atoms with E-state index in [0.717, 1.165) is 11.3 Å². The molecule has 0 aliphatic carbocycles. The number of nitriles is 1. The van der Waals surface area contributed by atoms with E-state index in [0.29, 0.717) is 5.92 Å². The topological polar surface area (TPSA) is 36.3 Å². The second-order valence-electron chi connectivity index (χ2n) is 4.65.